The fraction of sp³-hybridized carbons (Fsp3) is 0.312. The van der Waals surface area contributed by atoms with E-state index in [1.54, 1.807) is 12.3 Å². The number of nitrogens with zero attached hydrogens (tertiary/aromatic N) is 2. The first-order valence-electron chi connectivity index (χ1n) is 7.24. The molecule has 2 heterocycles. The molecule has 1 aromatic heterocycles. The maximum atomic E-state index is 13.0. The predicted molar refractivity (Wildman–Crippen MR) is 104 cm³/mol. The maximum absolute atomic E-state index is 13.0. The number of aromatic nitrogens is 1. The monoisotopic (exact) mass is 509 g/mol. The van der Waals surface area contributed by atoms with Crippen molar-refractivity contribution in [3.05, 3.63) is 57.5 Å². The van der Waals surface area contributed by atoms with Crippen LogP contribution in [0, 0.1) is 5.95 Å². The number of pyridine rings is 1. The highest BCUT2D eigenvalue weighted by molar-refractivity contribution is 14.1. The standard InChI is InChI=1S/C16H15BrClFIN3/c17-13-7-11(18)2-1-10(13)8-21-14-5-6-23(16(14)20)12-3-4-15(19)22-9-12/h1-4,7,9,14,16,21H,5-6,8H2. The Bertz CT molecular complexity index is 686. The minimum Gasteiger partial charge on any atom is -0.357 e. The van der Waals surface area contributed by atoms with Crippen LogP contribution in [0.4, 0.5) is 10.1 Å². The molecule has 1 aliphatic heterocycles. The van der Waals surface area contributed by atoms with Crippen LogP contribution < -0.4 is 10.2 Å². The summed E-state index contributed by atoms with van der Waals surface area (Å²) in [6, 6.07) is 9.39. The summed E-state index contributed by atoms with van der Waals surface area (Å²) >= 11 is 12.0. The smallest absolute Gasteiger partial charge is 0.212 e. The molecule has 0 aliphatic carbocycles. The second-order valence-corrected chi connectivity index (χ2v) is 7.98. The van der Waals surface area contributed by atoms with Crippen LogP contribution in [0.5, 0.6) is 0 Å². The molecule has 0 bridgehead atoms. The van der Waals surface area contributed by atoms with E-state index in [-0.39, 0.29) is 0 Å². The lowest BCUT2D eigenvalue weighted by atomic mass is 10.2. The van der Waals surface area contributed by atoms with Gasteiger partial charge in [0.2, 0.25) is 5.95 Å². The molecule has 2 atom stereocenters. The van der Waals surface area contributed by atoms with Crippen molar-refractivity contribution < 1.29 is 4.39 Å². The number of alkyl halides is 1. The van der Waals surface area contributed by atoms with Gasteiger partial charge in [-0.1, -0.05) is 56.2 Å². The van der Waals surface area contributed by atoms with Gasteiger partial charge in [0.1, 0.15) is 0 Å². The molecule has 3 nitrogen and oxygen atoms in total. The van der Waals surface area contributed by atoms with Crippen LogP contribution in [0.2, 0.25) is 5.02 Å². The number of rotatable bonds is 4. The highest BCUT2D eigenvalue weighted by atomic mass is 127. The molecule has 2 unspecified atom stereocenters. The van der Waals surface area contributed by atoms with E-state index < -0.39 is 5.95 Å². The zero-order valence-corrected chi connectivity index (χ0v) is 16.6. The first kappa shape index (κ1) is 17.4. The fourth-order valence-electron chi connectivity index (χ4n) is 2.67. The maximum Gasteiger partial charge on any atom is 0.212 e. The number of halogens is 4. The summed E-state index contributed by atoms with van der Waals surface area (Å²) in [7, 11) is 0. The average Bonchev–Trinajstić information content (AvgIpc) is 2.88. The van der Waals surface area contributed by atoms with Gasteiger partial charge in [0.05, 0.1) is 15.9 Å². The number of anilines is 1. The van der Waals surface area contributed by atoms with E-state index in [1.807, 2.05) is 18.2 Å². The van der Waals surface area contributed by atoms with Crippen LogP contribution in [-0.2, 0) is 6.54 Å². The van der Waals surface area contributed by atoms with Gasteiger partial charge < -0.3 is 10.2 Å². The van der Waals surface area contributed by atoms with E-state index in [4.69, 9.17) is 11.6 Å². The third-order valence-corrected chi connectivity index (χ3v) is 6.44. The summed E-state index contributed by atoms with van der Waals surface area (Å²) in [6.45, 7) is 1.71. The quantitative estimate of drug-likeness (QED) is 0.278. The molecule has 1 saturated heterocycles. The zero-order chi connectivity index (χ0) is 16.4. The summed E-state index contributed by atoms with van der Waals surface area (Å²) in [6.07, 6.45) is 2.63. The number of hydrogen-bond donors (Lipinski definition) is 1. The Morgan fingerprint density at radius 1 is 1.39 bits per heavy atom. The minimum absolute atomic E-state index is 0.297. The van der Waals surface area contributed by atoms with Gasteiger partial charge in [0.25, 0.3) is 0 Å². The third kappa shape index (κ3) is 4.15. The molecule has 0 radical (unpaired) electrons. The predicted octanol–water partition coefficient (Wildman–Crippen LogP) is 4.77. The Labute approximate surface area is 161 Å². The normalized spacial score (nSPS) is 21.0. The van der Waals surface area contributed by atoms with Crippen molar-refractivity contribution >= 4 is 55.8 Å². The molecule has 1 fully saturated rings. The second-order valence-electron chi connectivity index (χ2n) is 5.42. The van der Waals surface area contributed by atoms with Gasteiger partial charge in [-0.15, -0.1) is 0 Å². The van der Waals surface area contributed by atoms with E-state index in [9.17, 15) is 4.39 Å². The zero-order valence-electron chi connectivity index (χ0n) is 12.1. The van der Waals surface area contributed by atoms with Crippen molar-refractivity contribution in [3.63, 3.8) is 0 Å². The lowest BCUT2D eigenvalue weighted by Gasteiger charge is -2.25. The van der Waals surface area contributed by atoms with Crippen LogP contribution >= 0.6 is 50.1 Å². The lowest BCUT2D eigenvalue weighted by Crippen LogP contribution is -2.38. The summed E-state index contributed by atoms with van der Waals surface area (Å²) < 4.78 is 14.3. The molecule has 122 valence electrons. The van der Waals surface area contributed by atoms with Crippen LogP contribution in [0.3, 0.4) is 0 Å². The van der Waals surface area contributed by atoms with Crippen LogP contribution in [0.25, 0.3) is 0 Å². The van der Waals surface area contributed by atoms with E-state index in [1.165, 1.54) is 11.6 Å². The molecular weight excluding hydrogens is 495 g/mol. The van der Waals surface area contributed by atoms with Gasteiger partial charge in [-0.3, -0.25) is 0 Å². The van der Waals surface area contributed by atoms with Gasteiger partial charge in [-0.25, -0.2) is 4.98 Å². The first-order chi connectivity index (χ1) is 11.0. The molecule has 3 rings (SSSR count). The van der Waals surface area contributed by atoms with Gasteiger partial charge in [0.15, 0.2) is 0 Å². The number of hydrogen-bond acceptors (Lipinski definition) is 3. The summed E-state index contributed by atoms with van der Waals surface area (Å²) in [4.78, 5) is 6.00. The van der Waals surface area contributed by atoms with Crippen molar-refractivity contribution in [1.82, 2.24) is 10.3 Å². The largest absolute Gasteiger partial charge is 0.357 e. The Hall–Kier alpha value is -0.440. The third-order valence-electron chi connectivity index (χ3n) is 3.92. The van der Waals surface area contributed by atoms with Crippen molar-refractivity contribution in [2.24, 2.45) is 0 Å². The van der Waals surface area contributed by atoms with Gasteiger partial charge >= 0.3 is 0 Å². The topological polar surface area (TPSA) is 28.2 Å². The molecule has 0 amide bonds. The van der Waals surface area contributed by atoms with Crippen molar-refractivity contribution in [2.45, 2.75) is 23.1 Å². The Morgan fingerprint density at radius 2 is 2.22 bits per heavy atom. The molecule has 23 heavy (non-hydrogen) atoms. The van der Waals surface area contributed by atoms with E-state index in [0.29, 0.717) is 10.1 Å². The molecule has 0 saturated carbocycles. The molecule has 7 heteroatoms. The average molecular weight is 511 g/mol. The highest BCUT2D eigenvalue weighted by Gasteiger charge is 2.32. The highest BCUT2D eigenvalue weighted by Crippen LogP contribution is 2.30. The molecule has 2 aromatic rings. The molecule has 0 spiro atoms. The van der Waals surface area contributed by atoms with Crippen LogP contribution in [0.1, 0.15) is 12.0 Å². The van der Waals surface area contributed by atoms with Crippen molar-refractivity contribution in [3.8, 4) is 0 Å². The minimum atomic E-state index is -0.444. The SMILES string of the molecule is Fc1ccc(N2CCC(NCc3ccc(Cl)cc3Br)C2I)cn1. The van der Waals surface area contributed by atoms with Gasteiger partial charge in [-0.05, 0) is 36.2 Å². The fourth-order valence-corrected chi connectivity index (χ4v) is 4.71. The number of nitrogens with one attached hydrogen (secondary N) is 1. The Balaban J connectivity index is 1.63. The molecular formula is C16H15BrClFIN3. The first-order valence-corrected chi connectivity index (χ1v) is 9.66. The van der Waals surface area contributed by atoms with Crippen LogP contribution in [0.15, 0.2) is 41.0 Å². The molecule has 1 N–H and O–H groups in total. The number of benzene rings is 1. The van der Waals surface area contributed by atoms with Crippen molar-refractivity contribution in [2.75, 3.05) is 11.4 Å². The van der Waals surface area contributed by atoms with E-state index in [0.717, 1.165) is 34.7 Å². The van der Waals surface area contributed by atoms with Gasteiger partial charge in [-0.2, -0.15) is 4.39 Å². The van der Waals surface area contributed by atoms with E-state index in [2.05, 4.69) is 53.7 Å². The van der Waals surface area contributed by atoms with Gasteiger partial charge in [0, 0.05) is 28.6 Å². The second kappa shape index (κ2) is 7.63. The molecule has 1 aromatic carbocycles. The molecule has 1 aliphatic rings. The Morgan fingerprint density at radius 3 is 2.91 bits per heavy atom. The lowest BCUT2D eigenvalue weighted by molar-refractivity contribution is 0.542. The Kier molecular flexibility index (Phi) is 5.77. The summed E-state index contributed by atoms with van der Waals surface area (Å²) in [5.41, 5.74) is 2.14. The summed E-state index contributed by atoms with van der Waals surface area (Å²) in [5.74, 6) is -0.444. The van der Waals surface area contributed by atoms with E-state index >= 15 is 0 Å². The summed E-state index contributed by atoms with van der Waals surface area (Å²) in [5, 5.41) is 4.33. The van der Waals surface area contributed by atoms with Crippen molar-refractivity contribution in [1.29, 1.82) is 0 Å². The van der Waals surface area contributed by atoms with Crippen LogP contribution in [-0.4, -0.2) is 21.6 Å².